The average molecular weight is 375 g/mol. The molecule has 9 heteroatoms. The third kappa shape index (κ3) is 4.32. The fourth-order valence-corrected chi connectivity index (χ4v) is 2.35. The van der Waals surface area contributed by atoms with Crippen molar-refractivity contribution in [2.45, 2.75) is 13.8 Å². The van der Waals surface area contributed by atoms with Crippen molar-refractivity contribution in [3.05, 3.63) is 41.7 Å². The Labute approximate surface area is 154 Å². The number of aromatic nitrogens is 1. The molecule has 1 aromatic heterocycles. The van der Waals surface area contributed by atoms with Gasteiger partial charge in [-0.3, -0.25) is 14.2 Å². The zero-order chi connectivity index (χ0) is 20.1. The molecule has 0 atom stereocenters. The van der Waals surface area contributed by atoms with Crippen LogP contribution in [-0.4, -0.2) is 42.7 Å². The summed E-state index contributed by atoms with van der Waals surface area (Å²) in [5, 5.41) is 0. The maximum absolute atomic E-state index is 12.1. The van der Waals surface area contributed by atoms with E-state index in [9.17, 15) is 19.2 Å². The second-order valence-corrected chi connectivity index (χ2v) is 5.24. The lowest BCUT2D eigenvalue weighted by Crippen LogP contribution is -2.15. The molecule has 2 rings (SSSR count). The van der Waals surface area contributed by atoms with Crippen LogP contribution in [0.5, 0.6) is 11.5 Å². The van der Waals surface area contributed by atoms with Crippen LogP contribution in [0.4, 0.5) is 0 Å². The number of hydrogen-bond acceptors (Lipinski definition) is 8. The predicted molar refractivity (Wildman–Crippen MR) is 91.1 cm³/mol. The van der Waals surface area contributed by atoms with E-state index in [4.69, 9.17) is 18.9 Å². The van der Waals surface area contributed by atoms with Gasteiger partial charge in [-0.1, -0.05) is 0 Å². The SMILES string of the molecule is COC(=O)c1ccc(C(=O)OC)n1-c1ccc(OC(C)=O)c(OC(C)=O)c1. The second-order valence-electron chi connectivity index (χ2n) is 5.24. The number of ether oxygens (including phenoxy) is 4. The summed E-state index contributed by atoms with van der Waals surface area (Å²) in [4.78, 5) is 46.7. The zero-order valence-corrected chi connectivity index (χ0v) is 15.1. The first kappa shape index (κ1) is 19.7. The minimum absolute atomic E-state index is 0.00726. The van der Waals surface area contributed by atoms with Gasteiger partial charge < -0.3 is 18.9 Å². The van der Waals surface area contributed by atoms with Crippen molar-refractivity contribution in [2.24, 2.45) is 0 Å². The Kier molecular flexibility index (Phi) is 5.96. The van der Waals surface area contributed by atoms with Crippen LogP contribution in [0, 0.1) is 0 Å². The summed E-state index contributed by atoms with van der Waals surface area (Å²) in [6.07, 6.45) is 0. The summed E-state index contributed by atoms with van der Waals surface area (Å²) in [7, 11) is 2.40. The Morgan fingerprint density at radius 3 is 1.67 bits per heavy atom. The number of hydrogen-bond donors (Lipinski definition) is 0. The summed E-state index contributed by atoms with van der Waals surface area (Å²) in [5.74, 6) is -2.69. The summed E-state index contributed by atoms with van der Waals surface area (Å²) in [6, 6.07) is 6.98. The van der Waals surface area contributed by atoms with E-state index >= 15 is 0 Å². The third-order valence-corrected chi connectivity index (χ3v) is 3.36. The third-order valence-electron chi connectivity index (χ3n) is 3.36. The highest BCUT2D eigenvalue weighted by Gasteiger charge is 2.23. The first-order valence-corrected chi connectivity index (χ1v) is 7.68. The molecule has 0 spiro atoms. The van der Waals surface area contributed by atoms with Crippen molar-refractivity contribution in [3.8, 4) is 17.2 Å². The Balaban J connectivity index is 2.67. The van der Waals surface area contributed by atoms with E-state index in [1.807, 2.05) is 0 Å². The normalized spacial score (nSPS) is 10.1. The van der Waals surface area contributed by atoms with Gasteiger partial charge in [-0.2, -0.15) is 0 Å². The molecule has 0 saturated heterocycles. The topological polar surface area (TPSA) is 110 Å². The molecule has 0 N–H and O–H groups in total. The minimum Gasteiger partial charge on any atom is -0.464 e. The van der Waals surface area contributed by atoms with Crippen molar-refractivity contribution in [1.29, 1.82) is 0 Å². The maximum Gasteiger partial charge on any atom is 0.355 e. The number of benzene rings is 1. The molecule has 0 fully saturated rings. The van der Waals surface area contributed by atoms with Crippen molar-refractivity contribution in [3.63, 3.8) is 0 Å². The molecule has 0 radical (unpaired) electrons. The molecule has 0 saturated carbocycles. The van der Waals surface area contributed by atoms with E-state index in [1.165, 1.54) is 63.0 Å². The average Bonchev–Trinajstić information content (AvgIpc) is 3.06. The van der Waals surface area contributed by atoms with E-state index in [0.717, 1.165) is 0 Å². The van der Waals surface area contributed by atoms with Crippen LogP contribution in [0.15, 0.2) is 30.3 Å². The lowest BCUT2D eigenvalue weighted by atomic mass is 10.2. The molecule has 0 aliphatic carbocycles. The van der Waals surface area contributed by atoms with Gasteiger partial charge in [0, 0.05) is 19.9 Å². The van der Waals surface area contributed by atoms with Crippen LogP contribution in [-0.2, 0) is 19.1 Å². The standard InChI is InChI=1S/C18H17NO8/c1-10(20)26-15-8-5-12(9-16(15)27-11(2)21)19-13(17(22)24-3)6-7-14(19)18(23)25-4/h5-9H,1-4H3. The Bertz CT molecular complexity index is 879. The van der Waals surface area contributed by atoms with Crippen LogP contribution >= 0.6 is 0 Å². The fraction of sp³-hybridized carbons (Fsp3) is 0.222. The number of rotatable bonds is 5. The van der Waals surface area contributed by atoms with Gasteiger partial charge in [0.15, 0.2) is 11.5 Å². The number of carbonyl (C=O) groups excluding carboxylic acids is 4. The molecule has 0 amide bonds. The zero-order valence-electron chi connectivity index (χ0n) is 15.1. The highest BCUT2D eigenvalue weighted by Crippen LogP contribution is 2.32. The highest BCUT2D eigenvalue weighted by molar-refractivity contribution is 5.94. The van der Waals surface area contributed by atoms with Gasteiger partial charge in [0.05, 0.1) is 19.9 Å². The van der Waals surface area contributed by atoms with Gasteiger partial charge in [-0.05, 0) is 24.3 Å². The highest BCUT2D eigenvalue weighted by atomic mass is 16.6. The van der Waals surface area contributed by atoms with Crippen LogP contribution in [0.3, 0.4) is 0 Å². The molecule has 0 bridgehead atoms. The molecule has 0 aliphatic heterocycles. The quantitative estimate of drug-likeness (QED) is 0.576. The maximum atomic E-state index is 12.1. The van der Waals surface area contributed by atoms with Crippen molar-refractivity contribution in [2.75, 3.05) is 14.2 Å². The van der Waals surface area contributed by atoms with Crippen LogP contribution in [0.25, 0.3) is 5.69 Å². The summed E-state index contributed by atoms with van der Waals surface area (Å²) >= 11 is 0. The molecule has 0 aliphatic rings. The van der Waals surface area contributed by atoms with Gasteiger partial charge in [-0.15, -0.1) is 0 Å². The van der Waals surface area contributed by atoms with E-state index in [-0.39, 0.29) is 28.6 Å². The molecule has 9 nitrogen and oxygen atoms in total. The van der Waals surface area contributed by atoms with Gasteiger partial charge in [0.25, 0.3) is 0 Å². The Morgan fingerprint density at radius 2 is 1.22 bits per heavy atom. The smallest absolute Gasteiger partial charge is 0.355 e. The van der Waals surface area contributed by atoms with Gasteiger partial charge >= 0.3 is 23.9 Å². The Hall–Kier alpha value is -3.62. The molecule has 1 aromatic carbocycles. The summed E-state index contributed by atoms with van der Waals surface area (Å²) in [5.41, 5.74) is 0.381. The molecule has 142 valence electrons. The molecule has 27 heavy (non-hydrogen) atoms. The molecular weight excluding hydrogens is 358 g/mol. The monoisotopic (exact) mass is 375 g/mol. The number of esters is 4. The molecule has 1 heterocycles. The van der Waals surface area contributed by atoms with Crippen molar-refractivity contribution in [1.82, 2.24) is 4.57 Å². The number of carbonyl (C=O) groups is 4. The van der Waals surface area contributed by atoms with Gasteiger partial charge in [-0.25, -0.2) is 9.59 Å². The van der Waals surface area contributed by atoms with Crippen LogP contribution < -0.4 is 9.47 Å². The van der Waals surface area contributed by atoms with Gasteiger partial charge in [0.2, 0.25) is 0 Å². The largest absolute Gasteiger partial charge is 0.464 e. The first-order valence-electron chi connectivity index (χ1n) is 7.68. The fourth-order valence-electron chi connectivity index (χ4n) is 2.35. The van der Waals surface area contributed by atoms with E-state index in [1.54, 1.807) is 0 Å². The number of methoxy groups -OCH3 is 2. The van der Waals surface area contributed by atoms with Crippen molar-refractivity contribution >= 4 is 23.9 Å². The van der Waals surface area contributed by atoms with E-state index in [2.05, 4.69) is 0 Å². The van der Waals surface area contributed by atoms with Crippen molar-refractivity contribution < 1.29 is 38.1 Å². The van der Waals surface area contributed by atoms with E-state index in [0.29, 0.717) is 0 Å². The predicted octanol–water partition coefficient (Wildman–Crippen LogP) is 1.90. The van der Waals surface area contributed by atoms with E-state index < -0.39 is 23.9 Å². The second kappa shape index (κ2) is 8.17. The molecular formula is C18H17NO8. The van der Waals surface area contributed by atoms with Crippen LogP contribution in [0.1, 0.15) is 34.8 Å². The summed E-state index contributed by atoms with van der Waals surface area (Å²) in [6.45, 7) is 2.38. The lowest BCUT2D eigenvalue weighted by Gasteiger charge is -2.14. The Morgan fingerprint density at radius 1 is 0.741 bits per heavy atom. The van der Waals surface area contributed by atoms with Crippen LogP contribution in [0.2, 0.25) is 0 Å². The molecule has 2 aromatic rings. The summed E-state index contributed by atoms with van der Waals surface area (Å²) < 4.78 is 20.8. The number of nitrogens with zero attached hydrogens (tertiary/aromatic N) is 1. The minimum atomic E-state index is -0.691. The van der Waals surface area contributed by atoms with Gasteiger partial charge in [0.1, 0.15) is 11.4 Å². The first-order chi connectivity index (χ1) is 12.8. The molecule has 0 unspecified atom stereocenters. The lowest BCUT2D eigenvalue weighted by molar-refractivity contribution is -0.134.